The third kappa shape index (κ3) is 2.74. The molecule has 0 bridgehead atoms. The number of benzene rings is 1. The molecule has 0 radical (unpaired) electrons. The highest BCUT2D eigenvalue weighted by Crippen LogP contribution is 2.26. The molecular formula is C9H8ClNO4S2. The summed E-state index contributed by atoms with van der Waals surface area (Å²) in [5.74, 6) is -1.06. The molecule has 0 unspecified atom stereocenters. The summed E-state index contributed by atoms with van der Waals surface area (Å²) in [5.41, 5.74) is 0.489. The van der Waals surface area contributed by atoms with Crippen LogP contribution in [0.2, 0.25) is 0 Å². The molecule has 5 nitrogen and oxygen atoms in total. The third-order valence-electron chi connectivity index (χ3n) is 1.93. The number of thiazole rings is 1. The smallest absolute Gasteiger partial charge is 0.335 e. The number of carboxylic acids is 1. The van der Waals surface area contributed by atoms with Crippen LogP contribution < -0.4 is 0 Å². The lowest BCUT2D eigenvalue weighted by atomic mass is 10.2. The molecule has 2 aromatic rings. The van der Waals surface area contributed by atoms with E-state index in [1.165, 1.54) is 12.1 Å². The molecule has 0 aliphatic rings. The Morgan fingerprint density at radius 3 is 2.59 bits per heavy atom. The molecule has 92 valence electrons. The van der Waals surface area contributed by atoms with Gasteiger partial charge in [-0.1, -0.05) is 0 Å². The van der Waals surface area contributed by atoms with Crippen molar-refractivity contribution in [3.63, 3.8) is 0 Å². The molecular weight excluding hydrogens is 286 g/mol. The summed E-state index contributed by atoms with van der Waals surface area (Å²) in [5, 5.41) is 8.77. The van der Waals surface area contributed by atoms with Gasteiger partial charge in [-0.2, -0.15) is 0 Å². The molecule has 0 saturated heterocycles. The zero-order valence-electron chi connectivity index (χ0n) is 8.58. The van der Waals surface area contributed by atoms with Gasteiger partial charge in [0.1, 0.15) is 0 Å². The standard InChI is InChI=1S/C9H7NO4S2.ClH/c1-16(13,14)9-10-6-4-5(8(11)12)2-3-7(6)15-9;/h2-4H,1H3,(H,11,12);1H. The van der Waals surface area contributed by atoms with E-state index in [1.807, 2.05) is 0 Å². The van der Waals surface area contributed by atoms with Crippen molar-refractivity contribution in [3.8, 4) is 0 Å². The molecule has 8 heteroatoms. The zero-order chi connectivity index (χ0) is 11.9. The Balaban J connectivity index is 0.00000144. The topological polar surface area (TPSA) is 84.3 Å². The molecule has 17 heavy (non-hydrogen) atoms. The predicted octanol–water partition coefficient (Wildman–Crippen LogP) is 1.82. The van der Waals surface area contributed by atoms with Crippen molar-refractivity contribution in [2.45, 2.75) is 4.34 Å². The van der Waals surface area contributed by atoms with Crippen LogP contribution in [0.1, 0.15) is 10.4 Å². The van der Waals surface area contributed by atoms with Gasteiger partial charge in [0.05, 0.1) is 15.8 Å². The van der Waals surface area contributed by atoms with Crippen LogP contribution >= 0.6 is 23.7 Å². The lowest BCUT2D eigenvalue weighted by Gasteiger charge is -1.91. The number of aromatic carboxylic acids is 1. The second-order valence-corrected chi connectivity index (χ2v) is 6.46. The quantitative estimate of drug-likeness (QED) is 0.913. The molecule has 0 aliphatic heterocycles. The number of hydrogen-bond donors (Lipinski definition) is 1. The summed E-state index contributed by atoms with van der Waals surface area (Å²) in [6.07, 6.45) is 1.07. The van der Waals surface area contributed by atoms with Crippen LogP contribution in [0.4, 0.5) is 0 Å². The zero-order valence-corrected chi connectivity index (χ0v) is 11.0. The number of hydrogen-bond acceptors (Lipinski definition) is 5. The van der Waals surface area contributed by atoms with Gasteiger partial charge >= 0.3 is 5.97 Å². The largest absolute Gasteiger partial charge is 0.478 e. The van der Waals surface area contributed by atoms with Gasteiger partial charge in [0, 0.05) is 6.26 Å². The molecule has 1 N–H and O–H groups in total. The predicted molar refractivity (Wildman–Crippen MR) is 66.9 cm³/mol. The van der Waals surface area contributed by atoms with E-state index in [0.717, 1.165) is 17.6 Å². The molecule has 1 aromatic carbocycles. The van der Waals surface area contributed by atoms with Crippen molar-refractivity contribution >= 4 is 49.8 Å². The van der Waals surface area contributed by atoms with Crippen LogP contribution in [-0.4, -0.2) is 30.7 Å². The minimum absolute atomic E-state index is 0. The average Bonchev–Trinajstić information content (AvgIpc) is 2.58. The lowest BCUT2D eigenvalue weighted by Crippen LogP contribution is -1.96. The van der Waals surface area contributed by atoms with Gasteiger partial charge in [-0.15, -0.1) is 23.7 Å². The van der Waals surface area contributed by atoms with E-state index >= 15 is 0 Å². The van der Waals surface area contributed by atoms with Gasteiger partial charge < -0.3 is 5.11 Å². The molecule has 0 atom stereocenters. The average molecular weight is 294 g/mol. The normalized spacial score (nSPS) is 11.1. The number of aromatic nitrogens is 1. The van der Waals surface area contributed by atoms with Crippen molar-refractivity contribution in [2.24, 2.45) is 0 Å². The summed E-state index contributed by atoms with van der Waals surface area (Å²) in [7, 11) is -3.34. The molecule has 0 aliphatic carbocycles. The maximum Gasteiger partial charge on any atom is 0.335 e. The first-order valence-electron chi connectivity index (χ1n) is 4.22. The van der Waals surface area contributed by atoms with Crippen LogP contribution in [0.5, 0.6) is 0 Å². The van der Waals surface area contributed by atoms with Gasteiger partial charge in [0.2, 0.25) is 14.2 Å². The molecule has 0 fully saturated rings. The Bertz CT molecular complexity index is 677. The molecule has 2 rings (SSSR count). The van der Waals surface area contributed by atoms with E-state index < -0.39 is 15.8 Å². The van der Waals surface area contributed by atoms with Crippen LogP contribution in [0.25, 0.3) is 10.2 Å². The van der Waals surface area contributed by atoms with Gasteiger partial charge in [0.25, 0.3) is 0 Å². The maximum absolute atomic E-state index is 11.3. The van der Waals surface area contributed by atoms with E-state index in [4.69, 9.17) is 5.11 Å². The summed E-state index contributed by atoms with van der Waals surface area (Å²) in [6, 6.07) is 4.35. The van der Waals surface area contributed by atoms with Crippen molar-refractivity contribution in [1.29, 1.82) is 0 Å². The number of rotatable bonds is 2. The molecule has 1 heterocycles. The molecule has 0 amide bonds. The first-order valence-corrected chi connectivity index (χ1v) is 6.92. The van der Waals surface area contributed by atoms with E-state index in [1.54, 1.807) is 6.07 Å². The van der Waals surface area contributed by atoms with E-state index in [2.05, 4.69) is 4.98 Å². The van der Waals surface area contributed by atoms with Crippen molar-refractivity contribution in [1.82, 2.24) is 4.98 Å². The van der Waals surface area contributed by atoms with Crippen LogP contribution in [0.15, 0.2) is 22.5 Å². The Morgan fingerprint density at radius 1 is 1.41 bits per heavy atom. The Kier molecular flexibility index (Phi) is 3.75. The van der Waals surface area contributed by atoms with Crippen LogP contribution in [-0.2, 0) is 9.84 Å². The van der Waals surface area contributed by atoms with Gasteiger partial charge in [-0.3, -0.25) is 0 Å². The third-order valence-corrected chi connectivity index (χ3v) is 4.65. The summed E-state index contributed by atoms with van der Waals surface area (Å²) in [4.78, 5) is 14.6. The number of nitrogens with zero attached hydrogens (tertiary/aromatic N) is 1. The van der Waals surface area contributed by atoms with E-state index in [0.29, 0.717) is 10.2 Å². The summed E-state index contributed by atoms with van der Waals surface area (Å²) < 4.78 is 23.2. The minimum atomic E-state index is -3.34. The number of carbonyl (C=O) groups is 1. The first kappa shape index (κ1) is 13.9. The van der Waals surface area contributed by atoms with Crippen molar-refractivity contribution < 1.29 is 18.3 Å². The second kappa shape index (κ2) is 4.59. The SMILES string of the molecule is CS(=O)(=O)c1nc2cc(C(=O)O)ccc2s1.Cl. The number of halogens is 1. The highest BCUT2D eigenvalue weighted by Gasteiger charge is 2.14. The fourth-order valence-corrected chi connectivity index (χ4v) is 3.01. The van der Waals surface area contributed by atoms with Gasteiger partial charge in [-0.25, -0.2) is 18.2 Å². The Morgan fingerprint density at radius 2 is 2.06 bits per heavy atom. The number of sulfone groups is 1. The number of carboxylic acid groups (broad SMARTS) is 1. The van der Waals surface area contributed by atoms with Crippen molar-refractivity contribution in [2.75, 3.05) is 6.26 Å². The maximum atomic E-state index is 11.3. The van der Waals surface area contributed by atoms with E-state index in [9.17, 15) is 13.2 Å². The second-order valence-electron chi connectivity index (χ2n) is 3.24. The van der Waals surface area contributed by atoms with Crippen LogP contribution in [0.3, 0.4) is 0 Å². The lowest BCUT2D eigenvalue weighted by molar-refractivity contribution is 0.0697. The fourth-order valence-electron chi connectivity index (χ4n) is 1.20. The fraction of sp³-hybridized carbons (Fsp3) is 0.111. The highest BCUT2D eigenvalue weighted by atomic mass is 35.5. The molecule has 0 saturated carbocycles. The Labute approximate surface area is 107 Å². The monoisotopic (exact) mass is 293 g/mol. The summed E-state index contributed by atoms with van der Waals surface area (Å²) in [6.45, 7) is 0. The van der Waals surface area contributed by atoms with Crippen LogP contribution in [0, 0.1) is 0 Å². The molecule has 0 spiro atoms. The summed E-state index contributed by atoms with van der Waals surface area (Å²) >= 11 is 1.03. The molecule has 1 aromatic heterocycles. The van der Waals surface area contributed by atoms with Gasteiger partial charge in [-0.05, 0) is 18.2 Å². The highest BCUT2D eigenvalue weighted by molar-refractivity contribution is 7.92. The van der Waals surface area contributed by atoms with E-state index in [-0.39, 0.29) is 22.3 Å². The van der Waals surface area contributed by atoms with Crippen molar-refractivity contribution in [3.05, 3.63) is 23.8 Å². The first-order chi connectivity index (χ1) is 7.38. The minimum Gasteiger partial charge on any atom is -0.478 e. The van der Waals surface area contributed by atoms with Gasteiger partial charge in [0.15, 0.2) is 0 Å². The number of fused-ring (bicyclic) bond motifs is 1. The Hall–Kier alpha value is -1.18.